The van der Waals surface area contributed by atoms with Gasteiger partial charge in [0.05, 0.1) is 16.2 Å². The number of primary amides is 1. The Morgan fingerprint density at radius 3 is 2.43 bits per heavy atom. The fourth-order valence-corrected chi connectivity index (χ4v) is 3.93. The van der Waals surface area contributed by atoms with Crippen molar-refractivity contribution < 1.29 is 18.0 Å². The van der Waals surface area contributed by atoms with Crippen molar-refractivity contribution >= 4 is 38.0 Å². The number of nitrogens with two attached hydrogens (primary N) is 1. The number of rotatable bonds is 6. The normalized spacial score (nSPS) is 11.2. The van der Waals surface area contributed by atoms with Crippen molar-refractivity contribution in [2.45, 2.75) is 18.2 Å². The fraction of sp³-hybridized carbons (Fsp3) is 0.200. The monoisotopic (exact) mass is 352 g/mol. The molecule has 0 spiro atoms. The molecule has 0 unspecified atom stereocenters. The summed E-state index contributed by atoms with van der Waals surface area (Å²) in [5, 5.41) is 4.47. The molecule has 2 aromatic rings. The molecule has 1 heterocycles. The maximum absolute atomic E-state index is 12.2. The number of thiophene rings is 1. The molecule has 0 saturated carbocycles. The SMILES string of the molecule is Cc1ccc(S(=O)(=O)CCC(=O)Nc2sccc2C(N)=O)cc1. The van der Waals surface area contributed by atoms with Gasteiger partial charge in [-0.25, -0.2) is 8.42 Å². The highest BCUT2D eigenvalue weighted by Crippen LogP contribution is 2.23. The largest absolute Gasteiger partial charge is 0.366 e. The van der Waals surface area contributed by atoms with Gasteiger partial charge < -0.3 is 11.1 Å². The van der Waals surface area contributed by atoms with Gasteiger partial charge in [-0.1, -0.05) is 17.7 Å². The van der Waals surface area contributed by atoms with Crippen LogP contribution in [0.15, 0.2) is 40.6 Å². The number of hydrogen-bond donors (Lipinski definition) is 2. The van der Waals surface area contributed by atoms with E-state index >= 15 is 0 Å². The molecule has 2 rings (SSSR count). The van der Waals surface area contributed by atoms with E-state index in [1.165, 1.54) is 18.2 Å². The Bertz CT molecular complexity index is 823. The summed E-state index contributed by atoms with van der Waals surface area (Å²) in [6.07, 6.45) is -0.202. The molecule has 0 aliphatic carbocycles. The van der Waals surface area contributed by atoms with Crippen LogP contribution in [0.5, 0.6) is 0 Å². The van der Waals surface area contributed by atoms with Gasteiger partial charge in [0, 0.05) is 6.42 Å². The van der Waals surface area contributed by atoms with Gasteiger partial charge in [0.25, 0.3) is 5.91 Å². The lowest BCUT2D eigenvalue weighted by Crippen LogP contribution is -2.19. The van der Waals surface area contributed by atoms with Crippen molar-refractivity contribution in [3.8, 4) is 0 Å². The number of benzene rings is 1. The molecule has 0 bridgehead atoms. The Morgan fingerprint density at radius 1 is 1.17 bits per heavy atom. The molecule has 0 aliphatic heterocycles. The number of carbonyl (C=O) groups excluding carboxylic acids is 2. The van der Waals surface area contributed by atoms with Crippen LogP contribution in [0.4, 0.5) is 5.00 Å². The predicted molar refractivity (Wildman–Crippen MR) is 89.3 cm³/mol. The van der Waals surface area contributed by atoms with Gasteiger partial charge in [0.1, 0.15) is 5.00 Å². The van der Waals surface area contributed by atoms with Crippen molar-refractivity contribution in [2.24, 2.45) is 5.73 Å². The third-order valence-electron chi connectivity index (χ3n) is 3.16. The summed E-state index contributed by atoms with van der Waals surface area (Å²) in [5.74, 6) is -1.43. The van der Waals surface area contributed by atoms with E-state index in [4.69, 9.17) is 5.73 Å². The molecular weight excluding hydrogens is 336 g/mol. The van der Waals surface area contributed by atoms with E-state index in [-0.39, 0.29) is 22.6 Å². The van der Waals surface area contributed by atoms with Crippen LogP contribution in [0.2, 0.25) is 0 Å². The Balaban J connectivity index is 2.00. The molecule has 1 aromatic carbocycles. The van der Waals surface area contributed by atoms with Crippen LogP contribution in [-0.2, 0) is 14.6 Å². The first-order valence-electron chi connectivity index (χ1n) is 6.76. The molecule has 0 saturated heterocycles. The highest BCUT2D eigenvalue weighted by molar-refractivity contribution is 7.91. The summed E-state index contributed by atoms with van der Waals surface area (Å²) in [5.41, 5.74) is 6.36. The lowest BCUT2D eigenvalue weighted by Gasteiger charge is -2.06. The minimum Gasteiger partial charge on any atom is -0.366 e. The Morgan fingerprint density at radius 2 is 1.83 bits per heavy atom. The minimum atomic E-state index is -3.53. The molecular formula is C15H16N2O4S2. The van der Waals surface area contributed by atoms with Gasteiger partial charge in [-0.2, -0.15) is 0 Å². The van der Waals surface area contributed by atoms with E-state index in [1.807, 2.05) is 6.92 Å². The first kappa shape index (κ1) is 17.2. The predicted octanol–water partition coefficient (Wildman–Crippen LogP) is 1.96. The third-order valence-corrected chi connectivity index (χ3v) is 5.72. The molecule has 8 heteroatoms. The lowest BCUT2D eigenvalue weighted by atomic mass is 10.2. The van der Waals surface area contributed by atoms with Crippen LogP contribution in [0.25, 0.3) is 0 Å². The number of nitrogens with one attached hydrogen (secondary N) is 1. The summed E-state index contributed by atoms with van der Waals surface area (Å²) in [6.45, 7) is 1.86. The smallest absolute Gasteiger partial charge is 0.251 e. The molecule has 1 aromatic heterocycles. The summed E-state index contributed by atoms with van der Waals surface area (Å²) in [6, 6.07) is 7.96. The van der Waals surface area contributed by atoms with Gasteiger partial charge in [-0.3, -0.25) is 9.59 Å². The van der Waals surface area contributed by atoms with Crippen LogP contribution in [0.1, 0.15) is 22.3 Å². The highest BCUT2D eigenvalue weighted by Gasteiger charge is 2.18. The number of sulfone groups is 1. The van der Waals surface area contributed by atoms with Crippen LogP contribution >= 0.6 is 11.3 Å². The van der Waals surface area contributed by atoms with Crippen LogP contribution < -0.4 is 11.1 Å². The maximum Gasteiger partial charge on any atom is 0.251 e. The molecule has 6 nitrogen and oxygen atoms in total. The van der Waals surface area contributed by atoms with Crippen LogP contribution in [0.3, 0.4) is 0 Å². The number of hydrogen-bond acceptors (Lipinski definition) is 5. The second-order valence-corrected chi connectivity index (χ2v) is 7.98. The van der Waals surface area contributed by atoms with Gasteiger partial charge in [0.2, 0.25) is 5.91 Å². The molecule has 23 heavy (non-hydrogen) atoms. The van der Waals surface area contributed by atoms with Gasteiger partial charge in [-0.05, 0) is 30.5 Å². The quantitative estimate of drug-likeness (QED) is 0.828. The van der Waals surface area contributed by atoms with E-state index in [0.29, 0.717) is 5.00 Å². The average molecular weight is 352 g/mol. The highest BCUT2D eigenvalue weighted by atomic mass is 32.2. The zero-order chi connectivity index (χ0) is 17.0. The van der Waals surface area contributed by atoms with E-state index in [9.17, 15) is 18.0 Å². The second-order valence-electron chi connectivity index (χ2n) is 4.96. The number of aryl methyl sites for hydroxylation is 1. The van der Waals surface area contributed by atoms with Crippen molar-refractivity contribution in [1.82, 2.24) is 0 Å². The lowest BCUT2D eigenvalue weighted by molar-refractivity contribution is -0.115. The van der Waals surface area contributed by atoms with Crippen molar-refractivity contribution in [2.75, 3.05) is 11.1 Å². The third kappa shape index (κ3) is 4.40. The van der Waals surface area contributed by atoms with E-state index in [2.05, 4.69) is 5.32 Å². The maximum atomic E-state index is 12.2. The second kappa shape index (κ2) is 6.93. The summed E-state index contributed by atoms with van der Waals surface area (Å²) < 4.78 is 24.3. The molecule has 122 valence electrons. The van der Waals surface area contributed by atoms with E-state index in [1.54, 1.807) is 17.5 Å². The zero-order valence-electron chi connectivity index (χ0n) is 12.4. The van der Waals surface area contributed by atoms with Crippen LogP contribution in [0, 0.1) is 6.92 Å². The first-order valence-corrected chi connectivity index (χ1v) is 9.29. The molecule has 3 N–H and O–H groups in total. The first-order chi connectivity index (χ1) is 10.8. The number of amides is 2. The summed E-state index contributed by atoms with van der Waals surface area (Å²) in [4.78, 5) is 23.3. The molecule has 2 amide bonds. The molecule has 0 atom stereocenters. The average Bonchev–Trinajstić information content (AvgIpc) is 2.94. The fourth-order valence-electron chi connectivity index (χ4n) is 1.88. The van der Waals surface area contributed by atoms with Gasteiger partial charge in [0.15, 0.2) is 9.84 Å². The number of carbonyl (C=O) groups is 2. The van der Waals surface area contributed by atoms with Crippen LogP contribution in [-0.4, -0.2) is 26.0 Å². The van der Waals surface area contributed by atoms with E-state index in [0.717, 1.165) is 16.9 Å². The Labute approximate surface area is 138 Å². The number of anilines is 1. The summed E-state index contributed by atoms with van der Waals surface area (Å²) in [7, 11) is -3.53. The summed E-state index contributed by atoms with van der Waals surface area (Å²) >= 11 is 1.16. The van der Waals surface area contributed by atoms with Crippen molar-refractivity contribution in [3.05, 3.63) is 46.8 Å². The van der Waals surface area contributed by atoms with Gasteiger partial charge >= 0.3 is 0 Å². The Kier molecular flexibility index (Phi) is 5.17. The van der Waals surface area contributed by atoms with Gasteiger partial charge in [-0.15, -0.1) is 11.3 Å². The topological polar surface area (TPSA) is 106 Å². The standard InChI is InChI=1S/C15H16N2O4S2/c1-10-2-4-11(5-3-10)23(20,21)9-7-13(18)17-15-12(14(16)19)6-8-22-15/h2-6,8H,7,9H2,1H3,(H2,16,19)(H,17,18). The molecule has 0 aliphatic rings. The zero-order valence-corrected chi connectivity index (χ0v) is 14.0. The molecule has 0 radical (unpaired) electrons. The minimum absolute atomic E-state index is 0.185. The Hall–Kier alpha value is -2.19. The van der Waals surface area contributed by atoms with E-state index < -0.39 is 21.7 Å². The van der Waals surface area contributed by atoms with Crippen molar-refractivity contribution in [3.63, 3.8) is 0 Å². The van der Waals surface area contributed by atoms with Crippen molar-refractivity contribution in [1.29, 1.82) is 0 Å². The molecule has 0 fully saturated rings.